The van der Waals surface area contributed by atoms with Gasteiger partial charge in [0, 0.05) is 19.8 Å². The van der Waals surface area contributed by atoms with Gasteiger partial charge >= 0.3 is 0 Å². The average molecular weight is 296 g/mol. The third-order valence-corrected chi connectivity index (χ3v) is 4.16. The van der Waals surface area contributed by atoms with Crippen LogP contribution in [-0.4, -0.2) is 25.1 Å². The Labute approximate surface area is 117 Å². The maximum absolute atomic E-state index is 12.3. The molecular weight excluding hydrogens is 280 g/mol. The zero-order valence-corrected chi connectivity index (χ0v) is 12.0. The number of nitrogens with two attached hydrogens (primary N) is 1. The number of anilines is 2. The van der Waals surface area contributed by atoms with Crippen molar-refractivity contribution < 1.29 is 13.2 Å². The Balaban J connectivity index is 2.31. The summed E-state index contributed by atoms with van der Waals surface area (Å²) < 4.78 is 33.4. The van der Waals surface area contributed by atoms with E-state index in [1.807, 2.05) is 6.07 Å². The summed E-state index contributed by atoms with van der Waals surface area (Å²) in [6.45, 7) is 0.406. The first kappa shape index (κ1) is 14.4. The SMILES string of the molecule is COCc1cccc(NS(=O)(=O)c2c(N)ncn2C)c1. The van der Waals surface area contributed by atoms with E-state index in [9.17, 15) is 8.42 Å². The molecule has 1 heterocycles. The van der Waals surface area contributed by atoms with Crippen molar-refractivity contribution in [1.82, 2.24) is 9.55 Å². The van der Waals surface area contributed by atoms with Crippen LogP contribution in [-0.2, 0) is 28.4 Å². The van der Waals surface area contributed by atoms with E-state index in [0.29, 0.717) is 12.3 Å². The lowest BCUT2D eigenvalue weighted by Crippen LogP contribution is -2.17. The number of hydrogen-bond donors (Lipinski definition) is 2. The Morgan fingerprint density at radius 1 is 1.45 bits per heavy atom. The van der Waals surface area contributed by atoms with Crippen molar-refractivity contribution in [2.75, 3.05) is 17.6 Å². The lowest BCUT2D eigenvalue weighted by Gasteiger charge is -2.10. The van der Waals surface area contributed by atoms with Crippen LogP contribution in [0.15, 0.2) is 35.6 Å². The molecule has 1 aromatic heterocycles. The molecule has 20 heavy (non-hydrogen) atoms. The lowest BCUT2D eigenvalue weighted by molar-refractivity contribution is 0.185. The normalized spacial score (nSPS) is 11.5. The van der Waals surface area contributed by atoms with Gasteiger partial charge in [0.2, 0.25) is 0 Å². The monoisotopic (exact) mass is 296 g/mol. The molecule has 0 unspecified atom stereocenters. The fourth-order valence-corrected chi connectivity index (χ4v) is 3.15. The minimum Gasteiger partial charge on any atom is -0.381 e. The third kappa shape index (κ3) is 2.91. The summed E-state index contributed by atoms with van der Waals surface area (Å²) in [4.78, 5) is 3.77. The minimum atomic E-state index is -3.78. The van der Waals surface area contributed by atoms with Gasteiger partial charge in [0.25, 0.3) is 10.0 Å². The summed E-state index contributed by atoms with van der Waals surface area (Å²) in [5.41, 5.74) is 6.90. The van der Waals surface area contributed by atoms with Crippen LogP contribution in [0.25, 0.3) is 0 Å². The minimum absolute atomic E-state index is 0.0342. The maximum Gasteiger partial charge on any atom is 0.281 e. The molecule has 0 aliphatic carbocycles. The molecule has 0 spiro atoms. The van der Waals surface area contributed by atoms with Gasteiger partial charge in [-0.25, -0.2) is 4.98 Å². The van der Waals surface area contributed by atoms with Crippen LogP contribution < -0.4 is 10.5 Å². The number of ether oxygens (including phenoxy) is 1. The number of aryl methyl sites for hydroxylation is 1. The van der Waals surface area contributed by atoms with Gasteiger partial charge in [-0.3, -0.25) is 4.72 Å². The molecular formula is C12H16N4O3S. The molecule has 2 rings (SSSR count). The fourth-order valence-electron chi connectivity index (χ4n) is 1.86. The average Bonchev–Trinajstić information content (AvgIpc) is 2.70. The Morgan fingerprint density at radius 2 is 2.20 bits per heavy atom. The van der Waals surface area contributed by atoms with Crippen LogP contribution in [0.5, 0.6) is 0 Å². The van der Waals surface area contributed by atoms with Crippen LogP contribution in [0.4, 0.5) is 11.5 Å². The van der Waals surface area contributed by atoms with Crippen molar-refractivity contribution in [3.63, 3.8) is 0 Å². The van der Waals surface area contributed by atoms with E-state index in [4.69, 9.17) is 10.5 Å². The van der Waals surface area contributed by atoms with Gasteiger partial charge in [-0.15, -0.1) is 0 Å². The second kappa shape index (κ2) is 5.51. The van der Waals surface area contributed by atoms with Crippen molar-refractivity contribution >= 4 is 21.5 Å². The largest absolute Gasteiger partial charge is 0.381 e. The second-order valence-electron chi connectivity index (χ2n) is 4.28. The molecule has 8 heteroatoms. The summed E-state index contributed by atoms with van der Waals surface area (Å²) in [6.07, 6.45) is 1.35. The number of imidazole rings is 1. The van der Waals surface area contributed by atoms with Crippen LogP contribution >= 0.6 is 0 Å². The summed E-state index contributed by atoms with van der Waals surface area (Å²) >= 11 is 0. The van der Waals surface area contributed by atoms with Gasteiger partial charge in [-0.05, 0) is 17.7 Å². The topological polar surface area (TPSA) is 99.2 Å². The molecule has 0 aliphatic heterocycles. The molecule has 0 amide bonds. The molecule has 0 bridgehead atoms. The van der Waals surface area contributed by atoms with Crippen LogP contribution in [0, 0.1) is 0 Å². The van der Waals surface area contributed by atoms with E-state index in [1.165, 1.54) is 10.9 Å². The summed E-state index contributed by atoms with van der Waals surface area (Å²) in [7, 11) is -0.633. The smallest absolute Gasteiger partial charge is 0.281 e. The van der Waals surface area contributed by atoms with Crippen molar-refractivity contribution in [1.29, 1.82) is 0 Å². The lowest BCUT2D eigenvalue weighted by atomic mass is 10.2. The van der Waals surface area contributed by atoms with E-state index in [1.54, 1.807) is 32.4 Å². The number of nitrogens with zero attached hydrogens (tertiary/aromatic N) is 2. The molecule has 0 saturated heterocycles. The number of benzene rings is 1. The Hall–Kier alpha value is -2.06. The van der Waals surface area contributed by atoms with Gasteiger partial charge in [0.15, 0.2) is 10.8 Å². The van der Waals surface area contributed by atoms with Crippen molar-refractivity contribution in [2.24, 2.45) is 7.05 Å². The van der Waals surface area contributed by atoms with Crippen LogP contribution in [0.3, 0.4) is 0 Å². The molecule has 7 nitrogen and oxygen atoms in total. The van der Waals surface area contributed by atoms with Crippen molar-refractivity contribution in [3.8, 4) is 0 Å². The zero-order chi connectivity index (χ0) is 14.8. The number of nitrogens with one attached hydrogen (secondary N) is 1. The summed E-state index contributed by atoms with van der Waals surface area (Å²) in [6, 6.07) is 6.95. The number of hydrogen-bond acceptors (Lipinski definition) is 5. The number of rotatable bonds is 5. The standard InChI is InChI=1S/C12H16N4O3S/c1-16-8-14-11(13)12(16)20(17,18)15-10-5-3-4-9(6-10)7-19-2/h3-6,8,15H,7,13H2,1-2H3. The highest BCUT2D eigenvalue weighted by Gasteiger charge is 2.22. The number of methoxy groups -OCH3 is 1. The highest BCUT2D eigenvalue weighted by atomic mass is 32.2. The van der Waals surface area contributed by atoms with Crippen LogP contribution in [0.2, 0.25) is 0 Å². The third-order valence-electron chi connectivity index (χ3n) is 2.65. The number of aromatic nitrogens is 2. The highest BCUT2D eigenvalue weighted by molar-refractivity contribution is 7.92. The van der Waals surface area contributed by atoms with Gasteiger partial charge in [-0.2, -0.15) is 8.42 Å². The second-order valence-corrected chi connectivity index (χ2v) is 5.88. The first-order valence-corrected chi connectivity index (χ1v) is 7.30. The first-order valence-electron chi connectivity index (χ1n) is 5.81. The molecule has 0 radical (unpaired) electrons. The molecule has 0 saturated carbocycles. The van der Waals surface area contributed by atoms with Crippen molar-refractivity contribution in [3.05, 3.63) is 36.2 Å². The van der Waals surface area contributed by atoms with Crippen LogP contribution in [0.1, 0.15) is 5.56 Å². The fraction of sp³-hybridized carbons (Fsp3) is 0.250. The Morgan fingerprint density at radius 3 is 2.80 bits per heavy atom. The Bertz CT molecular complexity index is 690. The molecule has 2 aromatic rings. The maximum atomic E-state index is 12.3. The van der Waals surface area contributed by atoms with E-state index in [-0.39, 0.29) is 10.8 Å². The summed E-state index contributed by atoms with van der Waals surface area (Å²) in [5.74, 6) is -0.0342. The number of sulfonamides is 1. The first-order chi connectivity index (χ1) is 9.44. The quantitative estimate of drug-likeness (QED) is 0.855. The van der Waals surface area contributed by atoms with Gasteiger partial charge in [0.05, 0.1) is 12.9 Å². The van der Waals surface area contributed by atoms with E-state index < -0.39 is 10.0 Å². The van der Waals surface area contributed by atoms with Crippen molar-refractivity contribution in [2.45, 2.75) is 11.6 Å². The molecule has 3 N–H and O–H groups in total. The van der Waals surface area contributed by atoms with E-state index in [0.717, 1.165) is 5.56 Å². The number of nitrogen functional groups attached to an aromatic ring is 1. The molecule has 0 aliphatic rings. The Kier molecular flexibility index (Phi) is 3.96. The van der Waals surface area contributed by atoms with E-state index >= 15 is 0 Å². The predicted octanol–water partition coefficient (Wildman–Crippen LogP) is 0.950. The summed E-state index contributed by atoms with van der Waals surface area (Å²) in [5, 5.41) is -0.0605. The van der Waals surface area contributed by atoms with Gasteiger partial charge in [0.1, 0.15) is 0 Å². The molecule has 0 atom stereocenters. The zero-order valence-electron chi connectivity index (χ0n) is 11.2. The molecule has 108 valence electrons. The predicted molar refractivity (Wildman–Crippen MR) is 75.6 cm³/mol. The highest BCUT2D eigenvalue weighted by Crippen LogP contribution is 2.20. The molecule has 0 fully saturated rings. The van der Waals surface area contributed by atoms with Gasteiger partial charge < -0.3 is 15.0 Å². The van der Waals surface area contributed by atoms with E-state index in [2.05, 4.69) is 9.71 Å². The molecule has 1 aromatic carbocycles. The van der Waals surface area contributed by atoms with Gasteiger partial charge in [-0.1, -0.05) is 12.1 Å².